The quantitative estimate of drug-likeness (QED) is 0.899. The number of hydrogen-bond donors (Lipinski definition) is 1. The molecule has 1 saturated heterocycles. The molecule has 0 bridgehead atoms. The summed E-state index contributed by atoms with van der Waals surface area (Å²) in [6, 6.07) is 6.22. The fraction of sp³-hybridized carbons (Fsp3) is 0.353. The van der Waals surface area contributed by atoms with Crippen molar-refractivity contribution in [1.29, 1.82) is 0 Å². The summed E-state index contributed by atoms with van der Waals surface area (Å²) >= 11 is 0. The van der Waals surface area contributed by atoms with E-state index in [4.69, 9.17) is 0 Å². The molecule has 2 aromatic heterocycles. The van der Waals surface area contributed by atoms with Gasteiger partial charge in [0.25, 0.3) is 5.91 Å². The molecular formula is C17H17F3N4O2. The molecule has 1 atom stereocenters. The Labute approximate surface area is 148 Å². The summed E-state index contributed by atoms with van der Waals surface area (Å²) in [5, 5.41) is 3.25. The SMILES string of the molecule is O=C(c1ccc(OCC(F)(F)F)nc1)N1CCNCC1c1cccnc1. The first-order chi connectivity index (χ1) is 12.4. The average molecular weight is 366 g/mol. The van der Waals surface area contributed by atoms with Crippen LogP contribution in [0.1, 0.15) is 22.0 Å². The van der Waals surface area contributed by atoms with E-state index in [0.29, 0.717) is 25.2 Å². The van der Waals surface area contributed by atoms with Crippen LogP contribution >= 0.6 is 0 Å². The van der Waals surface area contributed by atoms with Crippen LogP contribution in [0, 0.1) is 0 Å². The average Bonchev–Trinajstić information content (AvgIpc) is 2.66. The molecule has 1 N–H and O–H groups in total. The summed E-state index contributed by atoms with van der Waals surface area (Å²) in [6.45, 7) is 0.333. The van der Waals surface area contributed by atoms with Crippen LogP contribution < -0.4 is 10.1 Å². The van der Waals surface area contributed by atoms with E-state index in [-0.39, 0.29) is 17.8 Å². The van der Waals surface area contributed by atoms with Crippen molar-refractivity contribution in [3.63, 3.8) is 0 Å². The van der Waals surface area contributed by atoms with Gasteiger partial charge in [-0.05, 0) is 17.7 Å². The summed E-state index contributed by atoms with van der Waals surface area (Å²) in [5.41, 5.74) is 1.20. The second-order valence-electron chi connectivity index (χ2n) is 5.79. The Hall–Kier alpha value is -2.68. The van der Waals surface area contributed by atoms with Crippen molar-refractivity contribution in [1.82, 2.24) is 20.2 Å². The molecule has 0 aliphatic carbocycles. The minimum atomic E-state index is -4.44. The molecule has 0 saturated carbocycles. The lowest BCUT2D eigenvalue weighted by atomic mass is 10.0. The molecule has 1 fully saturated rings. The highest BCUT2D eigenvalue weighted by Crippen LogP contribution is 2.24. The molecule has 138 valence electrons. The molecule has 0 aromatic carbocycles. The number of pyridine rings is 2. The lowest BCUT2D eigenvalue weighted by Gasteiger charge is -2.36. The van der Waals surface area contributed by atoms with Crippen LogP contribution in [0.25, 0.3) is 0 Å². The number of ether oxygens (including phenoxy) is 1. The van der Waals surface area contributed by atoms with Gasteiger partial charge >= 0.3 is 6.18 Å². The summed E-state index contributed by atoms with van der Waals surface area (Å²) in [4.78, 5) is 22.4. The molecule has 26 heavy (non-hydrogen) atoms. The first-order valence-electron chi connectivity index (χ1n) is 8.01. The maximum absolute atomic E-state index is 12.8. The summed E-state index contributed by atoms with van der Waals surface area (Å²) < 4.78 is 41.1. The van der Waals surface area contributed by atoms with Crippen LogP contribution in [0.3, 0.4) is 0 Å². The van der Waals surface area contributed by atoms with Gasteiger partial charge in [0.1, 0.15) is 0 Å². The summed E-state index contributed by atoms with van der Waals surface area (Å²) in [6.07, 6.45) is 0.171. The van der Waals surface area contributed by atoms with Gasteiger partial charge in [0.15, 0.2) is 6.61 Å². The van der Waals surface area contributed by atoms with Gasteiger partial charge in [0.2, 0.25) is 5.88 Å². The van der Waals surface area contributed by atoms with E-state index in [1.54, 1.807) is 23.4 Å². The van der Waals surface area contributed by atoms with Crippen molar-refractivity contribution in [2.45, 2.75) is 12.2 Å². The molecule has 3 rings (SSSR count). The number of nitrogens with zero attached hydrogens (tertiary/aromatic N) is 3. The highest BCUT2D eigenvalue weighted by atomic mass is 19.4. The lowest BCUT2D eigenvalue weighted by molar-refractivity contribution is -0.154. The van der Waals surface area contributed by atoms with Gasteiger partial charge < -0.3 is 15.0 Å². The third kappa shape index (κ3) is 4.48. The number of carbonyl (C=O) groups is 1. The largest absolute Gasteiger partial charge is 0.468 e. The van der Waals surface area contributed by atoms with Crippen LogP contribution in [0.4, 0.5) is 13.2 Å². The molecular weight excluding hydrogens is 349 g/mol. The molecule has 1 amide bonds. The van der Waals surface area contributed by atoms with Crippen LogP contribution in [0.15, 0.2) is 42.9 Å². The van der Waals surface area contributed by atoms with Crippen molar-refractivity contribution in [3.05, 3.63) is 54.0 Å². The van der Waals surface area contributed by atoms with Gasteiger partial charge in [-0.2, -0.15) is 13.2 Å². The topological polar surface area (TPSA) is 67.3 Å². The summed E-state index contributed by atoms with van der Waals surface area (Å²) in [7, 11) is 0. The van der Waals surface area contributed by atoms with E-state index in [1.807, 2.05) is 6.07 Å². The van der Waals surface area contributed by atoms with Crippen LogP contribution in [0.2, 0.25) is 0 Å². The second kappa shape index (κ2) is 7.69. The fourth-order valence-electron chi connectivity index (χ4n) is 2.73. The number of amides is 1. The highest BCUT2D eigenvalue weighted by Gasteiger charge is 2.30. The van der Waals surface area contributed by atoms with Gasteiger partial charge in [-0.1, -0.05) is 6.07 Å². The van der Waals surface area contributed by atoms with E-state index in [9.17, 15) is 18.0 Å². The zero-order valence-electron chi connectivity index (χ0n) is 13.7. The summed E-state index contributed by atoms with van der Waals surface area (Å²) in [5.74, 6) is -0.418. The van der Waals surface area contributed by atoms with E-state index < -0.39 is 12.8 Å². The van der Waals surface area contributed by atoms with Crippen LogP contribution in [-0.4, -0.2) is 53.2 Å². The fourth-order valence-corrected chi connectivity index (χ4v) is 2.73. The number of carbonyl (C=O) groups excluding carboxylic acids is 1. The van der Waals surface area contributed by atoms with Gasteiger partial charge in [0, 0.05) is 44.3 Å². The van der Waals surface area contributed by atoms with Gasteiger partial charge in [-0.3, -0.25) is 9.78 Å². The molecule has 3 heterocycles. The molecule has 0 spiro atoms. The molecule has 1 aliphatic rings. The van der Waals surface area contributed by atoms with Crippen molar-refractivity contribution >= 4 is 5.91 Å². The molecule has 1 aliphatic heterocycles. The smallest absolute Gasteiger partial charge is 0.422 e. The van der Waals surface area contributed by atoms with E-state index in [1.165, 1.54) is 18.3 Å². The zero-order valence-corrected chi connectivity index (χ0v) is 13.7. The number of nitrogens with one attached hydrogen (secondary N) is 1. The number of piperazine rings is 1. The normalized spacial score (nSPS) is 17.8. The molecule has 6 nitrogen and oxygen atoms in total. The van der Waals surface area contributed by atoms with Crippen LogP contribution in [0.5, 0.6) is 5.88 Å². The van der Waals surface area contributed by atoms with Crippen molar-refractivity contribution < 1.29 is 22.7 Å². The van der Waals surface area contributed by atoms with Crippen LogP contribution in [-0.2, 0) is 0 Å². The Morgan fingerprint density at radius 3 is 2.81 bits per heavy atom. The number of aromatic nitrogens is 2. The van der Waals surface area contributed by atoms with E-state index >= 15 is 0 Å². The number of alkyl halides is 3. The highest BCUT2D eigenvalue weighted by molar-refractivity contribution is 5.94. The van der Waals surface area contributed by atoms with Gasteiger partial charge in [-0.15, -0.1) is 0 Å². The molecule has 0 radical (unpaired) electrons. The Bertz CT molecular complexity index is 738. The molecule has 9 heteroatoms. The zero-order chi connectivity index (χ0) is 18.6. The third-order valence-corrected chi connectivity index (χ3v) is 3.94. The maximum atomic E-state index is 12.8. The maximum Gasteiger partial charge on any atom is 0.422 e. The molecule has 1 unspecified atom stereocenters. The Kier molecular flexibility index (Phi) is 5.36. The lowest BCUT2D eigenvalue weighted by Crippen LogP contribution is -2.48. The predicted molar refractivity (Wildman–Crippen MR) is 86.7 cm³/mol. The monoisotopic (exact) mass is 366 g/mol. The van der Waals surface area contributed by atoms with Gasteiger partial charge in [-0.25, -0.2) is 4.98 Å². The first kappa shape index (κ1) is 18.1. The third-order valence-electron chi connectivity index (χ3n) is 3.94. The van der Waals surface area contributed by atoms with Crippen molar-refractivity contribution in [3.8, 4) is 5.88 Å². The number of hydrogen-bond acceptors (Lipinski definition) is 5. The van der Waals surface area contributed by atoms with Crippen molar-refractivity contribution in [2.75, 3.05) is 26.2 Å². The minimum Gasteiger partial charge on any atom is -0.468 e. The van der Waals surface area contributed by atoms with E-state index in [2.05, 4.69) is 20.0 Å². The number of rotatable bonds is 4. The molecule has 2 aromatic rings. The Morgan fingerprint density at radius 2 is 2.15 bits per heavy atom. The Balaban J connectivity index is 1.72. The van der Waals surface area contributed by atoms with E-state index in [0.717, 1.165) is 5.56 Å². The Morgan fingerprint density at radius 1 is 1.31 bits per heavy atom. The minimum absolute atomic E-state index is 0.175. The standard InChI is InChI=1S/C17H17F3N4O2/c18-17(19,20)11-26-15-4-3-13(9-23-15)16(25)24-7-6-22-10-14(24)12-2-1-5-21-8-12/h1-5,8-9,14,22H,6-7,10-11H2. The second-order valence-corrected chi connectivity index (χ2v) is 5.79. The van der Waals surface area contributed by atoms with Gasteiger partial charge in [0.05, 0.1) is 11.6 Å². The number of halogens is 3. The van der Waals surface area contributed by atoms with Crippen molar-refractivity contribution in [2.24, 2.45) is 0 Å². The predicted octanol–water partition coefficient (Wildman–Crippen LogP) is 2.20. The first-order valence-corrected chi connectivity index (χ1v) is 8.01.